The first-order valence-corrected chi connectivity index (χ1v) is 14.1. The molecule has 1 N–H and O–H groups in total. The molecule has 200 valence electrons. The average molecular weight is 487 g/mol. The Kier molecular flexibility index (Phi) is 13.1. The zero-order valence-corrected chi connectivity index (χ0v) is 24.4. The Morgan fingerprint density at radius 1 is 0.829 bits per heavy atom. The van der Waals surface area contributed by atoms with Crippen LogP contribution >= 0.6 is 0 Å². The quantitative estimate of drug-likeness (QED) is 0.162. The third-order valence-electron chi connectivity index (χ3n) is 6.65. The molecule has 0 atom stereocenters. The number of allylic oxidation sites excluding steroid dienone is 1. The second-order valence-corrected chi connectivity index (χ2v) is 12.3. The first-order valence-electron chi connectivity index (χ1n) is 14.1. The number of hydrogen-bond donors (Lipinski definition) is 1. The van der Waals surface area contributed by atoms with Crippen molar-refractivity contribution in [1.82, 2.24) is 0 Å². The summed E-state index contributed by atoms with van der Waals surface area (Å²) in [4.78, 5) is 12.1. The molecule has 0 radical (unpaired) electrons. The topological polar surface area (TPSA) is 46.5 Å². The van der Waals surface area contributed by atoms with Crippen molar-refractivity contribution in [1.29, 1.82) is 0 Å². The lowest BCUT2D eigenvalue weighted by Crippen LogP contribution is -2.22. The van der Waals surface area contributed by atoms with Gasteiger partial charge in [-0.1, -0.05) is 118 Å². The van der Waals surface area contributed by atoms with Gasteiger partial charge in [0.1, 0.15) is 11.5 Å². The third-order valence-corrected chi connectivity index (χ3v) is 6.65. The minimum absolute atomic E-state index is 0.272. The maximum absolute atomic E-state index is 12.1. The predicted molar refractivity (Wildman–Crippen MR) is 152 cm³/mol. The number of phenols is 1. The van der Waals surface area contributed by atoms with Crippen LogP contribution in [-0.4, -0.2) is 11.1 Å². The van der Waals surface area contributed by atoms with Crippen molar-refractivity contribution in [2.75, 3.05) is 0 Å². The summed E-state index contributed by atoms with van der Waals surface area (Å²) in [6, 6.07) is 1.82. The molecular weight excluding hydrogens is 432 g/mol. The lowest BCUT2D eigenvalue weighted by atomic mass is 9.76. The van der Waals surface area contributed by atoms with E-state index in [9.17, 15) is 9.90 Å². The Morgan fingerprint density at radius 2 is 1.31 bits per heavy atom. The lowest BCUT2D eigenvalue weighted by Gasteiger charge is -2.31. The van der Waals surface area contributed by atoms with E-state index in [0.29, 0.717) is 5.75 Å². The molecule has 35 heavy (non-hydrogen) atoms. The average Bonchev–Trinajstić information content (AvgIpc) is 2.73. The van der Waals surface area contributed by atoms with E-state index < -0.39 is 0 Å². The van der Waals surface area contributed by atoms with Crippen LogP contribution in [0.5, 0.6) is 11.5 Å². The van der Waals surface area contributed by atoms with E-state index in [1.165, 1.54) is 76.7 Å². The van der Waals surface area contributed by atoms with E-state index in [1.54, 1.807) is 0 Å². The minimum Gasteiger partial charge on any atom is -0.507 e. The molecule has 0 fully saturated rings. The van der Waals surface area contributed by atoms with Gasteiger partial charge in [0.05, 0.1) is 0 Å². The van der Waals surface area contributed by atoms with Crippen LogP contribution in [0, 0.1) is 0 Å². The molecule has 0 spiro atoms. The molecule has 0 saturated carbocycles. The summed E-state index contributed by atoms with van der Waals surface area (Å²) in [7, 11) is 0. The zero-order chi connectivity index (χ0) is 26.6. The highest BCUT2D eigenvalue weighted by Gasteiger charge is 2.32. The molecule has 1 aromatic carbocycles. The molecule has 1 rings (SSSR count). The van der Waals surface area contributed by atoms with E-state index in [2.05, 4.69) is 61.5 Å². The molecule has 3 nitrogen and oxygen atoms in total. The summed E-state index contributed by atoms with van der Waals surface area (Å²) < 4.78 is 5.88. The number of hydrogen-bond acceptors (Lipinski definition) is 3. The summed E-state index contributed by atoms with van der Waals surface area (Å²) in [5.41, 5.74) is 3.43. The predicted octanol–water partition coefficient (Wildman–Crippen LogP) is 10.0. The summed E-state index contributed by atoms with van der Waals surface area (Å²) in [6.45, 7) is 18.6. The maximum Gasteiger partial charge on any atom is 0.308 e. The highest BCUT2D eigenvalue weighted by atomic mass is 16.5. The number of carbonyl (C=O) groups excluding carboxylic acids is 1. The van der Waals surface area contributed by atoms with Crippen molar-refractivity contribution in [2.24, 2.45) is 0 Å². The fourth-order valence-electron chi connectivity index (χ4n) is 4.75. The molecule has 3 heteroatoms. The number of unbranched alkanes of at least 4 members (excludes halogenated alkanes) is 8. The summed E-state index contributed by atoms with van der Waals surface area (Å²) in [6.07, 6.45) is 16.9. The number of aromatic hydroxyl groups is 1. The molecule has 0 aromatic heterocycles. The van der Waals surface area contributed by atoms with Gasteiger partial charge in [-0.05, 0) is 42.6 Å². The first-order chi connectivity index (χ1) is 16.3. The first kappa shape index (κ1) is 31.3. The SMILES string of the molecule is CCCCCCCC(=Cc1c(O)cc(C(C)(C)C)c(OC(C)=O)c1C(C)(C)C)CCCCCCC. The van der Waals surface area contributed by atoms with Crippen LogP contribution < -0.4 is 4.74 Å². The van der Waals surface area contributed by atoms with Crippen LogP contribution in [0.25, 0.3) is 6.08 Å². The molecular formula is C32H54O3. The maximum atomic E-state index is 12.1. The summed E-state index contributed by atoms with van der Waals surface area (Å²) in [5.74, 6) is 0.575. The highest BCUT2D eigenvalue weighted by Crippen LogP contribution is 2.46. The number of esters is 1. The zero-order valence-electron chi connectivity index (χ0n) is 24.4. The van der Waals surface area contributed by atoms with Gasteiger partial charge in [-0.15, -0.1) is 0 Å². The van der Waals surface area contributed by atoms with Gasteiger partial charge < -0.3 is 9.84 Å². The number of ether oxygens (including phenoxy) is 1. The summed E-state index contributed by atoms with van der Waals surface area (Å²) >= 11 is 0. The van der Waals surface area contributed by atoms with Gasteiger partial charge in [0.2, 0.25) is 0 Å². The van der Waals surface area contributed by atoms with Crippen molar-refractivity contribution in [2.45, 2.75) is 150 Å². The Bertz CT molecular complexity index is 803. The van der Waals surface area contributed by atoms with E-state index in [-0.39, 0.29) is 22.5 Å². The van der Waals surface area contributed by atoms with Crippen LogP contribution in [0.3, 0.4) is 0 Å². The fourth-order valence-corrected chi connectivity index (χ4v) is 4.75. The molecule has 0 aliphatic heterocycles. The van der Waals surface area contributed by atoms with Gasteiger partial charge in [0, 0.05) is 23.6 Å². The van der Waals surface area contributed by atoms with E-state index in [4.69, 9.17) is 4.74 Å². The normalized spacial score (nSPS) is 12.0. The van der Waals surface area contributed by atoms with Crippen LogP contribution in [0.15, 0.2) is 11.6 Å². The highest BCUT2D eigenvalue weighted by molar-refractivity contribution is 5.76. The molecule has 0 aliphatic rings. The Morgan fingerprint density at radius 3 is 1.71 bits per heavy atom. The van der Waals surface area contributed by atoms with Crippen LogP contribution in [0.2, 0.25) is 0 Å². The van der Waals surface area contributed by atoms with Crippen molar-refractivity contribution >= 4 is 12.0 Å². The van der Waals surface area contributed by atoms with Crippen molar-refractivity contribution in [3.05, 3.63) is 28.3 Å². The van der Waals surface area contributed by atoms with Gasteiger partial charge in [-0.25, -0.2) is 0 Å². The number of carbonyl (C=O) groups is 1. The standard InChI is InChI=1S/C32H54O3/c1-10-12-14-16-18-20-25(21-19-17-15-13-11-2)22-26-28(34)23-27(31(4,5)6)30(35-24(3)33)29(26)32(7,8)9/h22-23,34H,10-21H2,1-9H3. The Labute approximate surface area is 216 Å². The number of phenolic OH excluding ortho intramolecular Hbond substituents is 1. The minimum atomic E-state index is -0.325. The number of rotatable bonds is 14. The molecule has 0 heterocycles. The van der Waals surface area contributed by atoms with Crippen molar-refractivity contribution < 1.29 is 14.6 Å². The van der Waals surface area contributed by atoms with Crippen molar-refractivity contribution in [3.63, 3.8) is 0 Å². The lowest BCUT2D eigenvalue weighted by molar-refractivity contribution is -0.132. The molecule has 0 bridgehead atoms. The fraction of sp³-hybridized carbons (Fsp3) is 0.719. The Balaban J connectivity index is 3.54. The second kappa shape index (κ2) is 14.7. The molecule has 0 aliphatic carbocycles. The van der Waals surface area contributed by atoms with Crippen LogP contribution in [0.4, 0.5) is 0 Å². The molecule has 0 saturated heterocycles. The van der Waals surface area contributed by atoms with Gasteiger partial charge in [-0.3, -0.25) is 4.79 Å². The van der Waals surface area contributed by atoms with E-state index >= 15 is 0 Å². The molecule has 0 unspecified atom stereocenters. The largest absolute Gasteiger partial charge is 0.507 e. The van der Waals surface area contributed by atoms with Crippen LogP contribution in [-0.2, 0) is 15.6 Å². The second-order valence-electron chi connectivity index (χ2n) is 12.3. The monoisotopic (exact) mass is 486 g/mol. The van der Waals surface area contributed by atoms with Gasteiger partial charge in [0.25, 0.3) is 0 Å². The molecule has 1 aromatic rings. The molecule has 0 amide bonds. The summed E-state index contributed by atoms with van der Waals surface area (Å²) in [5, 5.41) is 11.3. The number of benzene rings is 1. The van der Waals surface area contributed by atoms with E-state index in [1.807, 2.05) is 6.07 Å². The van der Waals surface area contributed by atoms with Gasteiger partial charge in [0.15, 0.2) is 0 Å². The van der Waals surface area contributed by atoms with E-state index in [0.717, 1.165) is 29.5 Å². The Hall–Kier alpha value is -1.77. The van der Waals surface area contributed by atoms with Gasteiger partial charge in [-0.2, -0.15) is 0 Å². The van der Waals surface area contributed by atoms with Crippen LogP contribution in [0.1, 0.15) is 156 Å². The van der Waals surface area contributed by atoms with Gasteiger partial charge >= 0.3 is 5.97 Å². The smallest absolute Gasteiger partial charge is 0.308 e. The third kappa shape index (κ3) is 10.8. The van der Waals surface area contributed by atoms with Crippen molar-refractivity contribution in [3.8, 4) is 11.5 Å².